The fourth-order valence-electron chi connectivity index (χ4n) is 2.78. The van der Waals surface area contributed by atoms with Crippen molar-refractivity contribution in [3.8, 4) is 5.75 Å². The smallest absolute Gasteiger partial charge is 0.323 e. The molecule has 0 aromatic heterocycles. The molecule has 0 saturated heterocycles. The van der Waals surface area contributed by atoms with Crippen LogP contribution in [0.2, 0.25) is 0 Å². The Labute approximate surface area is 140 Å². The van der Waals surface area contributed by atoms with E-state index in [0.29, 0.717) is 23.7 Å². The largest absolute Gasteiger partial charge is 0.497 e. The number of hydrogen-bond donors (Lipinski definition) is 2. The molecule has 0 saturated carbocycles. The number of benzene rings is 2. The molecule has 2 aromatic carbocycles. The second-order valence-electron chi connectivity index (χ2n) is 5.58. The van der Waals surface area contributed by atoms with Crippen LogP contribution in [-0.2, 0) is 11.2 Å². The van der Waals surface area contributed by atoms with Gasteiger partial charge in [0.05, 0.1) is 7.11 Å². The van der Waals surface area contributed by atoms with Gasteiger partial charge in [-0.2, -0.15) is 0 Å². The molecule has 0 spiro atoms. The Morgan fingerprint density at radius 2 is 1.83 bits per heavy atom. The second-order valence-corrected chi connectivity index (χ2v) is 5.58. The molecular weight excluding hydrogens is 306 g/mol. The Morgan fingerprint density at radius 1 is 1.08 bits per heavy atom. The van der Waals surface area contributed by atoms with Gasteiger partial charge in [0.2, 0.25) is 5.91 Å². The average molecular weight is 325 g/mol. The summed E-state index contributed by atoms with van der Waals surface area (Å²) in [7, 11) is 1.57. The number of fused-ring (bicyclic) bond motifs is 1. The molecule has 24 heavy (non-hydrogen) atoms. The molecule has 6 heteroatoms. The van der Waals surface area contributed by atoms with E-state index in [1.54, 1.807) is 43.2 Å². The van der Waals surface area contributed by atoms with Gasteiger partial charge in [0.15, 0.2) is 0 Å². The van der Waals surface area contributed by atoms with E-state index in [9.17, 15) is 9.59 Å². The highest BCUT2D eigenvalue weighted by atomic mass is 16.5. The van der Waals surface area contributed by atoms with Crippen molar-refractivity contribution >= 4 is 29.0 Å². The first-order chi connectivity index (χ1) is 11.6. The Bertz CT molecular complexity index is 789. The molecule has 1 aliphatic heterocycles. The summed E-state index contributed by atoms with van der Waals surface area (Å²) in [6.07, 6.45) is 0.838. The number of anilines is 3. The minimum Gasteiger partial charge on any atom is -0.497 e. The molecule has 2 aromatic rings. The van der Waals surface area contributed by atoms with Crippen molar-refractivity contribution in [2.75, 3.05) is 29.2 Å². The number of hydrogen-bond acceptors (Lipinski definition) is 3. The first-order valence-corrected chi connectivity index (χ1v) is 7.70. The molecule has 0 atom stereocenters. The highest BCUT2D eigenvalue weighted by Crippen LogP contribution is 2.31. The standard InChI is InChI=1S/C18H19N3O3/c1-12(22)21-9-8-13-6-7-15(11-17(13)21)20-18(23)19-14-4-3-5-16(10-14)24-2/h3-7,10-11H,8-9H2,1-2H3,(H2,19,20,23). The number of methoxy groups -OCH3 is 1. The SMILES string of the molecule is COc1cccc(NC(=O)Nc2ccc3c(c2)N(C(C)=O)CC3)c1. The number of carbonyl (C=O) groups excluding carboxylic acids is 2. The van der Waals surface area contributed by atoms with Crippen molar-refractivity contribution in [3.63, 3.8) is 0 Å². The first-order valence-electron chi connectivity index (χ1n) is 7.70. The van der Waals surface area contributed by atoms with Crippen molar-refractivity contribution < 1.29 is 14.3 Å². The average Bonchev–Trinajstić information content (AvgIpc) is 2.98. The lowest BCUT2D eigenvalue weighted by molar-refractivity contribution is -0.116. The second kappa shape index (κ2) is 6.62. The molecular formula is C18H19N3O3. The van der Waals surface area contributed by atoms with E-state index >= 15 is 0 Å². The molecule has 1 heterocycles. The molecule has 2 N–H and O–H groups in total. The third kappa shape index (κ3) is 3.32. The molecule has 3 amide bonds. The number of carbonyl (C=O) groups is 2. The van der Waals surface area contributed by atoms with Crippen LogP contribution in [0.5, 0.6) is 5.75 Å². The Kier molecular flexibility index (Phi) is 4.37. The molecule has 6 nitrogen and oxygen atoms in total. The van der Waals surface area contributed by atoms with Gasteiger partial charge in [0.1, 0.15) is 5.75 Å². The molecule has 1 aliphatic rings. The fourth-order valence-corrected chi connectivity index (χ4v) is 2.78. The van der Waals surface area contributed by atoms with Gasteiger partial charge < -0.3 is 20.3 Å². The highest BCUT2D eigenvalue weighted by Gasteiger charge is 2.22. The zero-order valence-electron chi connectivity index (χ0n) is 13.6. The summed E-state index contributed by atoms with van der Waals surface area (Å²) in [4.78, 5) is 25.5. The minimum atomic E-state index is -0.351. The summed E-state index contributed by atoms with van der Waals surface area (Å²) in [5, 5.41) is 5.54. The van der Waals surface area contributed by atoms with E-state index in [1.807, 2.05) is 18.2 Å². The first kappa shape index (κ1) is 15.9. The maximum atomic E-state index is 12.2. The van der Waals surface area contributed by atoms with E-state index in [-0.39, 0.29) is 11.9 Å². The third-order valence-corrected chi connectivity index (χ3v) is 3.95. The van der Waals surface area contributed by atoms with Crippen molar-refractivity contribution in [2.24, 2.45) is 0 Å². The third-order valence-electron chi connectivity index (χ3n) is 3.95. The van der Waals surface area contributed by atoms with Crippen LogP contribution in [0.25, 0.3) is 0 Å². The topological polar surface area (TPSA) is 70.7 Å². The fraction of sp³-hybridized carbons (Fsp3) is 0.222. The predicted molar refractivity (Wildman–Crippen MR) is 93.8 cm³/mol. The Balaban J connectivity index is 1.71. The maximum Gasteiger partial charge on any atom is 0.323 e. The monoisotopic (exact) mass is 325 g/mol. The van der Waals surface area contributed by atoms with Gasteiger partial charge in [-0.15, -0.1) is 0 Å². The van der Waals surface area contributed by atoms with Crippen LogP contribution in [0.3, 0.4) is 0 Å². The lowest BCUT2D eigenvalue weighted by Crippen LogP contribution is -2.26. The predicted octanol–water partition coefficient (Wildman–Crippen LogP) is 3.25. The van der Waals surface area contributed by atoms with Gasteiger partial charge in [-0.3, -0.25) is 4.79 Å². The van der Waals surface area contributed by atoms with Gasteiger partial charge in [-0.1, -0.05) is 12.1 Å². The van der Waals surface area contributed by atoms with E-state index in [0.717, 1.165) is 17.7 Å². The molecule has 0 bridgehead atoms. The molecule has 0 radical (unpaired) electrons. The van der Waals surface area contributed by atoms with Gasteiger partial charge in [-0.25, -0.2) is 4.79 Å². The van der Waals surface area contributed by atoms with Crippen LogP contribution in [0.1, 0.15) is 12.5 Å². The van der Waals surface area contributed by atoms with E-state index in [1.165, 1.54) is 0 Å². The molecule has 124 valence electrons. The molecule has 3 rings (SSSR count). The van der Waals surface area contributed by atoms with Crippen molar-refractivity contribution in [1.82, 2.24) is 0 Å². The van der Waals surface area contributed by atoms with Crippen molar-refractivity contribution in [1.29, 1.82) is 0 Å². The Hall–Kier alpha value is -3.02. The van der Waals surface area contributed by atoms with Crippen LogP contribution in [-0.4, -0.2) is 25.6 Å². The molecule has 0 fully saturated rings. The van der Waals surface area contributed by atoms with E-state index < -0.39 is 0 Å². The minimum absolute atomic E-state index is 0.00623. The number of amides is 3. The summed E-state index contributed by atoms with van der Waals surface area (Å²) in [6, 6.07) is 12.4. The highest BCUT2D eigenvalue weighted by molar-refractivity contribution is 6.01. The number of nitrogens with one attached hydrogen (secondary N) is 2. The number of ether oxygens (including phenoxy) is 1. The maximum absolute atomic E-state index is 12.2. The lowest BCUT2D eigenvalue weighted by Gasteiger charge is -2.16. The van der Waals surface area contributed by atoms with Gasteiger partial charge in [0.25, 0.3) is 0 Å². The van der Waals surface area contributed by atoms with Crippen molar-refractivity contribution in [3.05, 3.63) is 48.0 Å². The van der Waals surface area contributed by atoms with Crippen LogP contribution in [0, 0.1) is 0 Å². The summed E-state index contributed by atoms with van der Waals surface area (Å²) in [5.74, 6) is 0.675. The summed E-state index contributed by atoms with van der Waals surface area (Å²) < 4.78 is 5.13. The van der Waals surface area contributed by atoms with Crippen LogP contribution in [0.15, 0.2) is 42.5 Å². The van der Waals surface area contributed by atoms with Crippen LogP contribution >= 0.6 is 0 Å². The lowest BCUT2D eigenvalue weighted by atomic mass is 10.1. The van der Waals surface area contributed by atoms with Gasteiger partial charge >= 0.3 is 6.03 Å². The van der Waals surface area contributed by atoms with Crippen molar-refractivity contribution in [2.45, 2.75) is 13.3 Å². The number of rotatable bonds is 3. The Morgan fingerprint density at radius 3 is 2.54 bits per heavy atom. The summed E-state index contributed by atoms with van der Waals surface area (Å²) in [5.41, 5.74) is 3.26. The summed E-state index contributed by atoms with van der Waals surface area (Å²) >= 11 is 0. The number of nitrogens with zero attached hydrogens (tertiary/aromatic N) is 1. The zero-order chi connectivity index (χ0) is 17.1. The summed E-state index contributed by atoms with van der Waals surface area (Å²) in [6.45, 7) is 2.23. The molecule has 0 unspecified atom stereocenters. The van der Waals surface area contributed by atoms with Crippen LogP contribution in [0.4, 0.5) is 21.9 Å². The van der Waals surface area contributed by atoms with Gasteiger partial charge in [0, 0.05) is 36.6 Å². The number of urea groups is 1. The van der Waals surface area contributed by atoms with E-state index in [4.69, 9.17) is 4.74 Å². The van der Waals surface area contributed by atoms with Gasteiger partial charge in [-0.05, 0) is 36.2 Å². The normalized spacial score (nSPS) is 12.5. The quantitative estimate of drug-likeness (QED) is 0.910. The molecule has 0 aliphatic carbocycles. The van der Waals surface area contributed by atoms with E-state index in [2.05, 4.69) is 10.6 Å². The zero-order valence-corrected chi connectivity index (χ0v) is 13.6. The van der Waals surface area contributed by atoms with Crippen LogP contribution < -0.4 is 20.3 Å².